The van der Waals surface area contributed by atoms with Gasteiger partial charge >= 0.3 is 0 Å². The first-order valence-corrected chi connectivity index (χ1v) is 18.1. The van der Waals surface area contributed by atoms with Crippen molar-refractivity contribution in [3.05, 3.63) is 60.7 Å². The van der Waals surface area contributed by atoms with Gasteiger partial charge in [-0.1, -0.05) is 6.42 Å². The Bertz CT molecular complexity index is 1910. The van der Waals surface area contributed by atoms with Gasteiger partial charge in [0.2, 0.25) is 0 Å². The number of anilines is 2. The van der Waals surface area contributed by atoms with E-state index in [0.717, 1.165) is 93.7 Å². The smallest absolute Gasteiger partial charge is 0.127 e. The molecule has 45 heavy (non-hydrogen) atoms. The Morgan fingerprint density at radius 2 is 1.31 bits per heavy atom. The van der Waals surface area contributed by atoms with Gasteiger partial charge in [0.05, 0.1) is 31.2 Å². The van der Waals surface area contributed by atoms with Crippen LogP contribution in [0, 0.1) is 13.8 Å². The summed E-state index contributed by atoms with van der Waals surface area (Å²) in [4.78, 5) is 27.8. The number of hydrogen-bond donors (Lipinski definition) is 2. The lowest BCUT2D eigenvalue weighted by molar-refractivity contribution is 0.200. The highest BCUT2D eigenvalue weighted by molar-refractivity contribution is 8.02. The van der Waals surface area contributed by atoms with E-state index in [9.17, 15) is 0 Å². The quantitative estimate of drug-likeness (QED) is 0.114. The fourth-order valence-electron chi connectivity index (χ4n) is 4.94. The summed E-state index contributed by atoms with van der Waals surface area (Å²) in [6, 6.07) is 4.12. The third-order valence-corrected chi connectivity index (χ3v) is 12.6. The summed E-state index contributed by atoms with van der Waals surface area (Å²) in [7, 11) is 1.72. The van der Waals surface area contributed by atoms with E-state index >= 15 is 0 Å². The average Bonchev–Trinajstić information content (AvgIpc) is 3.53. The lowest BCUT2D eigenvalue weighted by Crippen LogP contribution is -2.12. The van der Waals surface area contributed by atoms with E-state index in [-0.39, 0.29) is 0 Å². The normalized spacial score (nSPS) is 13.1. The number of nitrogens with two attached hydrogens (primary N) is 2. The molecule has 0 unspecified atom stereocenters. The Hall–Kier alpha value is -3.36. The number of nitrogen functional groups attached to an aromatic ring is 2. The van der Waals surface area contributed by atoms with Crippen LogP contribution in [0.4, 0.5) is 11.4 Å². The molecule has 1 fully saturated rings. The highest BCUT2D eigenvalue weighted by Gasteiger charge is 2.23. The maximum atomic E-state index is 6.38. The van der Waals surface area contributed by atoms with Gasteiger partial charge in [-0.05, 0) is 56.4 Å². The van der Waals surface area contributed by atoms with E-state index in [1.165, 1.54) is 36.1 Å². The van der Waals surface area contributed by atoms with Crippen LogP contribution in [0.2, 0.25) is 0 Å². The third kappa shape index (κ3) is 7.07. The molecule has 7 rings (SSSR count). The second-order valence-electron chi connectivity index (χ2n) is 10.7. The topological polar surface area (TPSA) is 139 Å². The van der Waals surface area contributed by atoms with Gasteiger partial charge in [0.15, 0.2) is 0 Å². The van der Waals surface area contributed by atoms with Crippen LogP contribution in [-0.2, 0) is 4.74 Å². The van der Waals surface area contributed by atoms with Crippen LogP contribution in [0.1, 0.15) is 36.8 Å². The minimum absolute atomic E-state index is 0.734. The van der Waals surface area contributed by atoms with Crippen LogP contribution in [0.3, 0.4) is 0 Å². The Morgan fingerprint density at radius 3 is 1.80 bits per heavy atom. The number of aromatic nitrogens is 6. The van der Waals surface area contributed by atoms with Crippen molar-refractivity contribution in [1.82, 2.24) is 29.9 Å². The Balaban J connectivity index is 0.000000159. The summed E-state index contributed by atoms with van der Waals surface area (Å²) >= 11 is 7.05. The fourth-order valence-corrected chi connectivity index (χ4v) is 10.1. The number of aryl methyl sites for hydroxylation is 2. The number of rotatable bonds is 9. The van der Waals surface area contributed by atoms with Crippen molar-refractivity contribution >= 4 is 78.0 Å². The molecule has 9 nitrogen and oxygen atoms in total. The summed E-state index contributed by atoms with van der Waals surface area (Å²) in [5, 5.41) is 2.90. The van der Waals surface area contributed by atoms with E-state index in [0.29, 0.717) is 0 Å². The van der Waals surface area contributed by atoms with Crippen LogP contribution >= 0.6 is 46.2 Å². The van der Waals surface area contributed by atoms with Gasteiger partial charge in [-0.25, -0.2) is 29.9 Å². The molecule has 0 aliphatic heterocycles. The standard InChI is InChI=1S/C16H18N4OS2.C16H16N4S2/c1-10-6-12(11-7-18-9-19-8-11)20-15-13(10)14(17)16(23-15)22-5-3-4-21-2;1-9-5-12(10-6-18-8-19-7-10)20-15-13(9)14(17)16(22-15)21-11-3-2-4-11/h6-9H,3-5,17H2,1-2H3;5-8,11H,2-4,17H2,1H3. The number of thiophene rings is 2. The first-order valence-electron chi connectivity index (χ1n) is 14.6. The van der Waals surface area contributed by atoms with Gasteiger partial charge in [0.1, 0.15) is 22.3 Å². The summed E-state index contributed by atoms with van der Waals surface area (Å²) < 4.78 is 7.44. The lowest BCUT2D eigenvalue weighted by Gasteiger charge is -2.23. The molecule has 0 amide bonds. The maximum absolute atomic E-state index is 6.38. The molecule has 1 saturated carbocycles. The SMILES string of the molecule is COCCCSc1sc2nc(-c3cncnc3)cc(C)c2c1N.Cc1cc(-c2cncnc2)nc2sc(SC3CCC3)c(N)c12. The average molecular weight is 675 g/mol. The highest BCUT2D eigenvalue weighted by atomic mass is 32.2. The molecular formula is C32H34N8OS4. The zero-order valence-corrected chi connectivity index (χ0v) is 28.6. The molecule has 13 heteroatoms. The van der Waals surface area contributed by atoms with Crippen molar-refractivity contribution in [3.63, 3.8) is 0 Å². The molecule has 0 saturated heterocycles. The van der Waals surface area contributed by atoms with E-state index < -0.39 is 0 Å². The minimum Gasteiger partial charge on any atom is -0.397 e. The van der Waals surface area contributed by atoms with Crippen molar-refractivity contribution < 1.29 is 4.74 Å². The number of ether oxygens (including phenoxy) is 1. The molecule has 6 heterocycles. The maximum Gasteiger partial charge on any atom is 0.127 e. The number of hydrogen-bond acceptors (Lipinski definition) is 13. The van der Waals surface area contributed by atoms with Crippen molar-refractivity contribution in [3.8, 4) is 22.5 Å². The second kappa shape index (κ2) is 14.4. The summed E-state index contributed by atoms with van der Waals surface area (Å²) in [5.74, 6) is 0.989. The summed E-state index contributed by atoms with van der Waals surface area (Å²) in [6.07, 6.45) is 15.2. The molecule has 6 aromatic heterocycles. The highest BCUT2D eigenvalue weighted by Crippen LogP contribution is 2.47. The molecule has 1 aliphatic rings. The monoisotopic (exact) mass is 674 g/mol. The van der Waals surface area contributed by atoms with Crippen molar-refractivity contribution in [2.45, 2.75) is 53.2 Å². The molecule has 1 aliphatic carbocycles. The van der Waals surface area contributed by atoms with Crippen LogP contribution in [0.5, 0.6) is 0 Å². The number of thioether (sulfide) groups is 2. The van der Waals surface area contributed by atoms with Gasteiger partial charge in [0.25, 0.3) is 0 Å². The fraction of sp³-hybridized carbons (Fsp3) is 0.312. The van der Waals surface area contributed by atoms with Gasteiger partial charge in [-0.2, -0.15) is 0 Å². The predicted octanol–water partition coefficient (Wildman–Crippen LogP) is 8.06. The van der Waals surface area contributed by atoms with Gasteiger partial charge in [-0.3, -0.25) is 0 Å². The predicted molar refractivity (Wildman–Crippen MR) is 190 cm³/mol. The number of methoxy groups -OCH3 is 1. The number of nitrogens with zero attached hydrogens (tertiary/aromatic N) is 6. The van der Waals surface area contributed by atoms with E-state index in [4.69, 9.17) is 26.2 Å². The van der Waals surface area contributed by atoms with Crippen LogP contribution in [0.25, 0.3) is 42.9 Å². The first kappa shape index (κ1) is 31.6. The summed E-state index contributed by atoms with van der Waals surface area (Å²) in [5.41, 5.74) is 20.4. The number of pyridine rings is 2. The van der Waals surface area contributed by atoms with Gasteiger partial charge in [-0.15, -0.1) is 46.2 Å². The molecule has 232 valence electrons. The van der Waals surface area contributed by atoms with Crippen LogP contribution < -0.4 is 11.5 Å². The first-order chi connectivity index (χ1) is 21.9. The molecule has 0 bridgehead atoms. The number of fused-ring (bicyclic) bond motifs is 2. The molecule has 6 aromatic rings. The molecule has 0 spiro atoms. The van der Waals surface area contributed by atoms with Crippen molar-refractivity contribution in [2.24, 2.45) is 0 Å². The van der Waals surface area contributed by atoms with Gasteiger partial charge in [0, 0.05) is 71.4 Å². The van der Waals surface area contributed by atoms with Gasteiger partial charge < -0.3 is 16.2 Å². The zero-order valence-electron chi connectivity index (χ0n) is 25.3. The second-order valence-corrected chi connectivity index (χ2v) is 15.7. The van der Waals surface area contributed by atoms with E-state index in [2.05, 4.69) is 39.8 Å². The molecule has 4 N–H and O–H groups in total. The van der Waals surface area contributed by atoms with Crippen LogP contribution in [-0.4, -0.2) is 54.6 Å². The van der Waals surface area contributed by atoms with E-state index in [1.807, 2.05) is 17.8 Å². The molecular weight excluding hydrogens is 641 g/mol. The minimum atomic E-state index is 0.734. The van der Waals surface area contributed by atoms with E-state index in [1.54, 1.807) is 66.3 Å². The Labute approximate surface area is 278 Å². The van der Waals surface area contributed by atoms with Crippen molar-refractivity contribution in [2.75, 3.05) is 30.9 Å². The largest absolute Gasteiger partial charge is 0.397 e. The molecule has 0 aromatic carbocycles. The van der Waals surface area contributed by atoms with Crippen LogP contribution in [0.15, 0.2) is 58.0 Å². The molecule has 0 radical (unpaired) electrons. The third-order valence-electron chi connectivity index (χ3n) is 7.49. The lowest BCUT2D eigenvalue weighted by atomic mass is 10.0. The zero-order chi connectivity index (χ0) is 31.3. The molecule has 0 atom stereocenters. The Morgan fingerprint density at radius 1 is 0.800 bits per heavy atom. The van der Waals surface area contributed by atoms with Crippen molar-refractivity contribution in [1.29, 1.82) is 0 Å². The summed E-state index contributed by atoms with van der Waals surface area (Å²) in [6.45, 7) is 4.94. The Kier molecular flexibility index (Phi) is 10.1.